The molecular weight excluding hydrogens is 460 g/mol. The number of carbonyl (C=O) groups excluding carboxylic acids is 1. The molecule has 0 saturated heterocycles. The van der Waals surface area contributed by atoms with Crippen molar-refractivity contribution in [1.82, 2.24) is 14.8 Å². The highest BCUT2D eigenvalue weighted by Crippen LogP contribution is 2.29. The molecule has 0 aliphatic carbocycles. The predicted octanol–water partition coefficient (Wildman–Crippen LogP) is 5.71. The molecule has 3 aromatic carbocycles. The Morgan fingerprint density at radius 3 is 2.46 bits per heavy atom. The number of hydrogen-bond acceptors (Lipinski definition) is 6. The van der Waals surface area contributed by atoms with Crippen LogP contribution in [0.2, 0.25) is 0 Å². The molecule has 8 heteroatoms. The maximum absolute atomic E-state index is 12.6. The summed E-state index contributed by atoms with van der Waals surface area (Å²) in [6.45, 7) is 4.02. The van der Waals surface area contributed by atoms with Crippen LogP contribution >= 0.6 is 11.8 Å². The van der Waals surface area contributed by atoms with Gasteiger partial charge in [-0.25, -0.2) is 0 Å². The number of ether oxygens (including phenoxy) is 2. The fourth-order valence-corrected chi connectivity index (χ4v) is 4.30. The lowest BCUT2D eigenvalue weighted by Crippen LogP contribution is -2.15. The molecule has 1 unspecified atom stereocenters. The molecule has 0 fully saturated rings. The molecule has 4 rings (SSSR count). The molecule has 180 valence electrons. The number of nitrogens with zero attached hydrogens (tertiary/aromatic N) is 3. The maximum Gasteiger partial charge on any atom is 0.234 e. The highest BCUT2D eigenvalue weighted by atomic mass is 32.2. The average molecular weight is 489 g/mol. The van der Waals surface area contributed by atoms with Crippen LogP contribution < -0.4 is 14.8 Å². The van der Waals surface area contributed by atoms with Crippen molar-refractivity contribution in [3.05, 3.63) is 90.3 Å². The van der Waals surface area contributed by atoms with E-state index in [9.17, 15) is 4.79 Å². The number of aromatic nitrogens is 3. The summed E-state index contributed by atoms with van der Waals surface area (Å²) in [7, 11) is 1.62. The Balaban J connectivity index is 1.51. The second kappa shape index (κ2) is 11.6. The lowest BCUT2D eigenvalue weighted by molar-refractivity contribution is -0.113. The van der Waals surface area contributed by atoms with E-state index in [1.807, 2.05) is 90.4 Å². The zero-order valence-corrected chi connectivity index (χ0v) is 20.8. The third-order valence-corrected chi connectivity index (χ3v) is 6.30. The van der Waals surface area contributed by atoms with Crippen LogP contribution in [0.15, 0.2) is 84.0 Å². The summed E-state index contributed by atoms with van der Waals surface area (Å²) in [6, 6.07) is 25.1. The smallest absolute Gasteiger partial charge is 0.234 e. The first-order valence-electron chi connectivity index (χ1n) is 11.4. The molecular formula is C27H28N4O3S. The van der Waals surface area contributed by atoms with Crippen molar-refractivity contribution in [2.45, 2.75) is 31.5 Å². The van der Waals surface area contributed by atoms with Crippen molar-refractivity contribution in [1.29, 1.82) is 0 Å². The van der Waals surface area contributed by atoms with Crippen LogP contribution in [-0.2, 0) is 11.2 Å². The van der Waals surface area contributed by atoms with Gasteiger partial charge in [0.15, 0.2) is 17.1 Å². The molecule has 1 atom stereocenters. The van der Waals surface area contributed by atoms with E-state index >= 15 is 0 Å². The number of rotatable bonds is 10. The molecule has 1 N–H and O–H groups in total. The number of aryl methyl sites for hydroxylation is 1. The van der Waals surface area contributed by atoms with E-state index in [1.54, 1.807) is 7.11 Å². The van der Waals surface area contributed by atoms with E-state index in [-0.39, 0.29) is 11.7 Å². The first kappa shape index (κ1) is 24.3. The van der Waals surface area contributed by atoms with Gasteiger partial charge in [-0.3, -0.25) is 9.36 Å². The minimum absolute atomic E-state index is 0.107. The molecule has 0 radical (unpaired) electrons. The summed E-state index contributed by atoms with van der Waals surface area (Å²) in [4.78, 5) is 12.6. The van der Waals surface area contributed by atoms with Gasteiger partial charge in [0, 0.05) is 17.4 Å². The van der Waals surface area contributed by atoms with E-state index in [2.05, 4.69) is 22.4 Å². The van der Waals surface area contributed by atoms with Gasteiger partial charge in [-0.05, 0) is 55.3 Å². The number of anilines is 1. The molecule has 1 amide bonds. The zero-order chi connectivity index (χ0) is 24.6. The fourth-order valence-electron chi connectivity index (χ4n) is 3.54. The quantitative estimate of drug-likeness (QED) is 0.288. The topological polar surface area (TPSA) is 78.3 Å². The van der Waals surface area contributed by atoms with Crippen LogP contribution in [0.5, 0.6) is 11.5 Å². The molecule has 0 spiro atoms. The molecule has 35 heavy (non-hydrogen) atoms. The highest BCUT2D eigenvalue weighted by molar-refractivity contribution is 7.99. The first-order valence-corrected chi connectivity index (χ1v) is 12.4. The fraction of sp³-hybridized carbons (Fsp3) is 0.222. The van der Waals surface area contributed by atoms with Crippen LogP contribution in [0.4, 0.5) is 5.69 Å². The Labute approximate surface area is 209 Å². The van der Waals surface area contributed by atoms with Crippen LogP contribution in [0, 0.1) is 0 Å². The summed E-state index contributed by atoms with van der Waals surface area (Å²) in [6.07, 6.45) is 0.566. The van der Waals surface area contributed by atoms with Gasteiger partial charge < -0.3 is 14.8 Å². The predicted molar refractivity (Wildman–Crippen MR) is 139 cm³/mol. The minimum Gasteiger partial charge on any atom is -0.497 e. The first-order chi connectivity index (χ1) is 17.1. The van der Waals surface area contributed by atoms with Crippen molar-refractivity contribution < 1.29 is 14.3 Å². The summed E-state index contributed by atoms with van der Waals surface area (Å²) in [5, 5.41) is 12.4. The van der Waals surface area contributed by atoms with Gasteiger partial charge in [0.2, 0.25) is 5.91 Å². The van der Waals surface area contributed by atoms with Crippen LogP contribution in [0.3, 0.4) is 0 Å². The summed E-state index contributed by atoms with van der Waals surface area (Å²) < 4.78 is 13.4. The Morgan fingerprint density at radius 1 is 1.00 bits per heavy atom. The number of carbonyl (C=O) groups is 1. The van der Waals surface area contributed by atoms with Crippen LogP contribution in [0.25, 0.3) is 5.69 Å². The summed E-state index contributed by atoms with van der Waals surface area (Å²) in [5.41, 5.74) is 2.90. The molecule has 4 aromatic rings. The Kier molecular flexibility index (Phi) is 8.05. The molecule has 0 bridgehead atoms. The van der Waals surface area contributed by atoms with E-state index in [0.29, 0.717) is 22.5 Å². The highest BCUT2D eigenvalue weighted by Gasteiger charge is 2.22. The van der Waals surface area contributed by atoms with Gasteiger partial charge in [0.1, 0.15) is 11.5 Å². The number of benzene rings is 3. The largest absolute Gasteiger partial charge is 0.497 e. The van der Waals surface area contributed by atoms with Crippen LogP contribution in [-0.4, -0.2) is 33.5 Å². The number of para-hydroxylation sites is 1. The number of amides is 1. The number of hydrogen-bond donors (Lipinski definition) is 1. The molecule has 1 aromatic heterocycles. The summed E-state index contributed by atoms with van der Waals surface area (Å²) >= 11 is 1.33. The lowest BCUT2D eigenvalue weighted by atomic mass is 10.1. The second-order valence-corrected chi connectivity index (χ2v) is 8.78. The average Bonchev–Trinajstić information content (AvgIpc) is 3.33. The van der Waals surface area contributed by atoms with Crippen molar-refractivity contribution in [2.24, 2.45) is 0 Å². The molecule has 7 nitrogen and oxygen atoms in total. The van der Waals surface area contributed by atoms with E-state index in [0.717, 1.165) is 17.8 Å². The zero-order valence-electron chi connectivity index (χ0n) is 20.0. The van der Waals surface area contributed by atoms with Gasteiger partial charge in [-0.15, -0.1) is 10.2 Å². The van der Waals surface area contributed by atoms with Gasteiger partial charge in [-0.2, -0.15) is 0 Å². The van der Waals surface area contributed by atoms with E-state index in [1.165, 1.54) is 17.3 Å². The normalized spacial score (nSPS) is 11.6. The molecule has 1 heterocycles. The van der Waals surface area contributed by atoms with E-state index < -0.39 is 6.10 Å². The van der Waals surface area contributed by atoms with E-state index in [4.69, 9.17) is 9.47 Å². The molecule has 0 saturated carbocycles. The van der Waals surface area contributed by atoms with Gasteiger partial charge in [-0.1, -0.05) is 55.1 Å². The van der Waals surface area contributed by atoms with Gasteiger partial charge in [0.25, 0.3) is 0 Å². The SMILES string of the molecule is CCc1ccc(NC(=O)CSc2nnc(C(C)Oc3cccc(OC)c3)n2-c2ccccc2)cc1. The molecule has 0 aliphatic rings. The van der Waals surface area contributed by atoms with Gasteiger partial charge in [0.05, 0.1) is 12.9 Å². The van der Waals surface area contributed by atoms with Crippen molar-refractivity contribution in [2.75, 3.05) is 18.2 Å². The summed E-state index contributed by atoms with van der Waals surface area (Å²) in [5.74, 6) is 2.11. The third kappa shape index (κ3) is 6.22. The number of nitrogens with one attached hydrogen (secondary N) is 1. The number of methoxy groups -OCH3 is 1. The van der Waals surface area contributed by atoms with Crippen molar-refractivity contribution in [3.63, 3.8) is 0 Å². The Hall–Kier alpha value is -3.78. The van der Waals surface area contributed by atoms with Gasteiger partial charge >= 0.3 is 0 Å². The Morgan fingerprint density at radius 2 is 1.74 bits per heavy atom. The lowest BCUT2D eigenvalue weighted by Gasteiger charge is -2.17. The monoisotopic (exact) mass is 488 g/mol. The molecule has 0 aliphatic heterocycles. The minimum atomic E-state index is -0.393. The second-order valence-electron chi connectivity index (χ2n) is 7.84. The van der Waals surface area contributed by atoms with Crippen molar-refractivity contribution in [3.8, 4) is 17.2 Å². The van der Waals surface area contributed by atoms with Crippen LogP contribution in [0.1, 0.15) is 31.3 Å². The standard InChI is InChI=1S/C27H28N4O3S/c1-4-20-13-15-21(16-14-20)28-25(32)18-35-27-30-29-26(31(27)22-9-6-5-7-10-22)19(2)34-24-12-8-11-23(17-24)33-3/h5-17,19H,4,18H2,1-3H3,(H,28,32). The third-order valence-electron chi connectivity index (χ3n) is 5.37. The van der Waals surface area contributed by atoms with Crippen molar-refractivity contribution >= 4 is 23.4 Å². The Bertz CT molecular complexity index is 1260. The maximum atomic E-state index is 12.6. The number of thioether (sulfide) groups is 1.